The molecular weight excluding hydrogens is 390 g/mol. The van der Waals surface area contributed by atoms with Gasteiger partial charge in [0.15, 0.2) is 5.78 Å². The molecule has 2 aromatic carbocycles. The lowest BCUT2D eigenvalue weighted by Gasteiger charge is -2.11. The van der Waals surface area contributed by atoms with E-state index >= 15 is 0 Å². The molecule has 0 heterocycles. The number of benzene rings is 2. The molecule has 0 aliphatic carbocycles. The molecule has 1 unspecified atom stereocenters. The minimum Gasteiger partial charge on any atom is -0.466 e. The number of hydrogen-bond donors (Lipinski definition) is 1. The van der Waals surface area contributed by atoms with E-state index in [0.717, 1.165) is 11.1 Å². The van der Waals surface area contributed by atoms with Gasteiger partial charge in [-0.2, -0.15) is 0 Å². The first-order valence-electron chi connectivity index (χ1n) is 9.58. The lowest BCUT2D eigenvalue weighted by atomic mass is 9.95. The van der Waals surface area contributed by atoms with Crippen LogP contribution in [-0.2, 0) is 26.0 Å². The van der Waals surface area contributed by atoms with E-state index in [1.165, 1.54) is 0 Å². The van der Waals surface area contributed by atoms with Crippen molar-refractivity contribution in [2.24, 2.45) is 5.92 Å². The summed E-state index contributed by atoms with van der Waals surface area (Å²) in [7, 11) is -3.54. The van der Waals surface area contributed by atoms with Gasteiger partial charge in [0.1, 0.15) is 0 Å². The van der Waals surface area contributed by atoms with Crippen molar-refractivity contribution in [3.05, 3.63) is 65.2 Å². The summed E-state index contributed by atoms with van der Waals surface area (Å²) < 4.78 is 32.1. The second kappa shape index (κ2) is 10.3. The average molecular weight is 418 g/mol. The van der Waals surface area contributed by atoms with Crippen molar-refractivity contribution in [3.8, 4) is 0 Å². The van der Waals surface area contributed by atoms with E-state index in [9.17, 15) is 18.0 Å². The molecule has 2 rings (SSSR count). The molecule has 1 atom stereocenters. The van der Waals surface area contributed by atoms with Gasteiger partial charge in [0, 0.05) is 18.0 Å². The van der Waals surface area contributed by atoms with Gasteiger partial charge in [0.05, 0.1) is 17.9 Å². The molecule has 0 amide bonds. The first-order valence-corrected chi connectivity index (χ1v) is 11.1. The van der Waals surface area contributed by atoms with Crippen LogP contribution in [0.15, 0.2) is 53.4 Å². The zero-order chi connectivity index (χ0) is 21.4. The quantitative estimate of drug-likeness (QED) is 0.473. The molecule has 156 valence electrons. The van der Waals surface area contributed by atoms with Crippen molar-refractivity contribution in [3.63, 3.8) is 0 Å². The number of carbonyl (C=O) groups excluding carboxylic acids is 2. The average Bonchev–Trinajstić information content (AvgIpc) is 2.68. The number of ether oxygens (including phenoxy) is 1. The molecule has 0 aliphatic rings. The molecule has 1 N–H and O–H groups in total. The minimum absolute atomic E-state index is 0.0508. The number of carbonyl (C=O) groups is 2. The molecule has 0 fully saturated rings. The summed E-state index contributed by atoms with van der Waals surface area (Å²) in [6.07, 6.45) is 0.549. The maximum absolute atomic E-state index is 12.4. The van der Waals surface area contributed by atoms with Gasteiger partial charge in [0.2, 0.25) is 10.0 Å². The number of nitrogens with one attached hydrogen (secondary N) is 1. The highest BCUT2D eigenvalue weighted by Crippen LogP contribution is 2.15. The molecule has 7 heteroatoms. The van der Waals surface area contributed by atoms with E-state index in [1.54, 1.807) is 62.4 Å². The summed E-state index contributed by atoms with van der Waals surface area (Å²) in [5, 5.41) is 0. The van der Waals surface area contributed by atoms with E-state index in [0.29, 0.717) is 18.6 Å². The SMILES string of the molecule is CCOC(=O)CC(C)C(=O)c1ccc(CCNS(=O)(=O)c2ccc(C)cc2)cc1. The molecule has 0 aromatic heterocycles. The molecule has 6 nitrogen and oxygen atoms in total. The van der Waals surface area contributed by atoms with Gasteiger partial charge in [-0.05, 0) is 38.0 Å². The van der Waals surface area contributed by atoms with Crippen LogP contribution < -0.4 is 4.72 Å². The molecule has 0 radical (unpaired) electrons. The third-order valence-corrected chi connectivity index (χ3v) is 5.98. The van der Waals surface area contributed by atoms with Crippen LogP contribution in [0.3, 0.4) is 0 Å². The number of esters is 1. The normalized spacial score (nSPS) is 12.4. The summed E-state index contributed by atoms with van der Waals surface area (Å²) in [5.74, 6) is -0.961. The Morgan fingerprint density at radius 3 is 2.24 bits per heavy atom. The lowest BCUT2D eigenvalue weighted by Crippen LogP contribution is -2.26. The molecule has 0 spiro atoms. The van der Waals surface area contributed by atoms with Crippen molar-refractivity contribution < 1.29 is 22.7 Å². The fourth-order valence-corrected chi connectivity index (χ4v) is 3.85. The van der Waals surface area contributed by atoms with Crippen molar-refractivity contribution in [1.29, 1.82) is 0 Å². The van der Waals surface area contributed by atoms with Gasteiger partial charge < -0.3 is 4.74 Å². The van der Waals surface area contributed by atoms with Crippen LogP contribution in [-0.4, -0.2) is 33.3 Å². The van der Waals surface area contributed by atoms with Crippen LogP contribution in [0.1, 0.15) is 41.8 Å². The fourth-order valence-electron chi connectivity index (χ4n) is 2.81. The number of aryl methyl sites for hydroxylation is 1. The van der Waals surface area contributed by atoms with Crippen LogP contribution in [0.5, 0.6) is 0 Å². The van der Waals surface area contributed by atoms with Gasteiger partial charge in [-0.25, -0.2) is 13.1 Å². The highest BCUT2D eigenvalue weighted by Gasteiger charge is 2.19. The van der Waals surface area contributed by atoms with Gasteiger partial charge in [-0.3, -0.25) is 9.59 Å². The Hall–Kier alpha value is -2.51. The van der Waals surface area contributed by atoms with Crippen LogP contribution in [0.4, 0.5) is 0 Å². The van der Waals surface area contributed by atoms with E-state index in [-0.39, 0.29) is 29.6 Å². The number of ketones is 1. The standard InChI is InChI=1S/C22H27NO5S/c1-4-28-21(24)15-17(3)22(25)19-9-7-18(8-10-19)13-14-23-29(26,27)20-11-5-16(2)6-12-20/h5-12,17,23H,4,13-15H2,1-3H3. The van der Waals surface area contributed by atoms with Gasteiger partial charge in [0.25, 0.3) is 0 Å². The largest absolute Gasteiger partial charge is 0.466 e. The highest BCUT2D eigenvalue weighted by atomic mass is 32.2. The lowest BCUT2D eigenvalue weighted by molar-refractivity contribution is -0.143. The number of sulfonamides is 1. The molecule has 29 heavy (non-hydrogen) atoms. The van der Waals surface area contributed by atoms with E-state index in [2.05, 4.69) is 4.72 Å². The van der Waals surface area contributed by atoms with Gasteiger partial charge in [-0.15, -0.1) is 0 Å². The first-order chi connectivity index (χ1) is 13.7. The molecule has 2 aromatic rings. The van der Waals surface area contributed by atoms with Crippen molar-refractivity contribution in [2.45, 2.75) is 38.5 Å². The van der Waals surface area contributed by atoms with E-state index in [4.69, 9.17) is 4.74 Å². The third-order valence-electron chi connectivity index (χ3n) is 4.50. The summed E-state index contributed by atoms with van der Waals surface area (Å²) in [5.41, 5.74) is 2.42. The Morgan fingerprint density at radius 1 is 1.03 bits per heavy atom. The topological polar surface area (TPSA) is 89.5 Å². The Bertz CT molecular complexity index is 934. The fraction of sp³-hybridized carbons (Fsp3) is 0.364. The van der Waals surface area contributed by atoms with Crippen LogP contribution >= 0.6 is 0 Å². The van der Waals surface area contributed by atoms with Crippen molar-refractivity contribution in [1.82, 2.24) is 4.72 Å². The summed E-state index contributed by atoms with van der Waals surface area (Å²) in [6.45, 7) is 5.87. The predicted molar refractivity (Wildman–Crippen MR) is 111 cm³/mol. The predicted octanol–water partition coefficient (Wildman–Crippen LogP) is 3.29. The Labute approximate surface area is 172 Å². The second-order valence-corrected chi connectivity index (χ2v) is 8.70. The molecular formula is C22H27NO5S. The maximum Gasteiger partial charge on any atom is 0.306 e. The van der Waals surface area contributed by atoms with Crippen LogP contribution in [0.2, 0.25) is 0 Å². The summed E-state index contributed by atoms with van der Waals surface area (Å²) in [6, 6.07) is 13.7. The summed E-state index contributed by atoms with van der Waals surface area (Å²) in [4.78, 5) is 24.2. The molecule has 0 saturated heterocycles. The monoisotopic (exact) mass is 417 g/mol. The third kappa shape index (κ3) is 6.80. The molecule has 0 aliphatic heterocycles. The second-order valence-electron chi connectivity index (χ2n) is 6.93. The van der Waals surface area contributed by atoms with Crippen molar-refractivity contribution in [2.75, 3.05) is 13.2 Å². The zero-order valence-corrected chi connectivity index (χ0v) is 17.8. The van der Waals surface area contributed by atoms with E-state index in [1.807, 2.05) is 6.92 Å². The number of Topliss-reactive ketones (excluding diaryl/α,β-unsaturated/α-hetero) is 1. The van der Waals surface area contributed by atoms with Crippen LogP contribution in [0, 0.1) is 12.8 Å². The number of rotatable bonds is 10. The zero-order valence-electron chi connectivity index (χ0n) is 17.0. The summed E-state index contributed by atoms with van der Waals surface area (Å²) >= 11 is 0. The van der Waals surface area contributed by atoms with Gasteiger partial charge >= 0.3 is 5.97 Å². The Kier molecular flexibility index (Phi) is 8.10. The van der Waals surface area contributed by atoms with Crippen molar-refractivity contribution >= 4 is 21.8 Å². The highest BCUT2D eigenvalue weighted by molar-refractivity contribution is 7.89. The van der Waals surface area contributed by atoms with Crippen LogP contribution in [0.25, 0.3) is 0 Å². The Balaban J connectivity index is 1.89. The Morgan fingerprint density at radius 2 is 1.66 bits per heavy atom. The minimum atomic E-state index is -3.54. The molecule has 0 bridgehead atoms. The molecule has 0 saturated carbocycles. The maximum atomic E-state index is 12.4. The number of hydrogen-bond acceptors (Lipinski definition) is 5. The van der Waals surface area contributed by atoms with Gasteiger partial charge in [-0.1, -0.05) is 48.9 Å². The first kappa shape index (κ1) is 22.8. The smallest absolute Gasteiger partial charge is 0.306 e. The van der Waals surface area contributed by atoms with E-state index < -0.39 is 15.9 Å².